The van der Waals surface area contributed by atoms with Crippen molar-refractivity contribution in [3.63, 3.8) is 0 Å². The Kier molecular flexibility index (Phi) is 6.85. The van der Waals surface area contributed by atoms with Gasteiger partial charge in [-0.3, -0.25) is 9.59 Å². The molecule has 0 atom stereocenters. The van der Waals surface area contributed by atoms with Crippen LogP contribution in [-0.4, -0.2) is 16.8 Å². The zero-order valence-electron chi connectivity index (χ0n) is 18.4. The lowest BCUT2D eigenvalue weighted by Gasteiger charge is -2.12. The van der Waals surface area contributed by atoms with Crippen LogP contribution in [0.1, 0.15) is 58.1 Å². The lowest BCUT2D eigenvalue weighted by atomic mass is 9.97. The number of benzene rings is 1. The van der Waals surface area contributed by atoms with Crippen LogP contribution in [0.3, 0.4) is 0 Å². The van der Waals surface area contributed by atoms with Gasteiger partial charge in [-0.15, -0.1) is 11.3 Å². The minimum absolute atomic E-state index is 0.00984. The van der Waals surface area contributed by atoms with Crippen LogP contribution >= 0.6 is 11.3 Å². The van der Waals surface area contributed by atoms with Crippen molar-refractivity contribution in [3.05, 3.63) is 69.3 Å². The number of hydrogen-bond donors (Lipinski definition) is 2. The number of aryl methyl sites for hydroxylation is 2. The summed E-state index contributed by atoms with van der Waals surface area (Å²) >= 11 is 1.46. The molecule has 4 rings (SSSR count). The Hall–Kier alpha value is -3.19. The van der Waals surface area contributed by atoms with Crippen molar-refractivity contribution in [2.24, 2.45) is 0 Å². The minimum Gasteiger partial charge on any atom is -0.441 e. The zero-order valence-corrected chi connectivity index (χ0v) is 19.2. The molecule has 166 valence electrons. The van der Waals surface area contributed by atoms with Crippen LogP contribution in [0.25, 0.3) is 11.5 Å². The first-order valence-electron chi connectivity index (χ1n) is 10.9. The van der Waals surface area contributed by atoms with Crippen molar-refractivity contribution < 1.29 is 14.0 Å². The smallest absolute Gasteiger partial charge is 0.265 e. The molecule has 2 heterocycles. The molecule has 0 spiro atoms. The second-order valence-corrected chi connectivity index (χ2v) is 9.32. The summed E-state index contributed by atoms with van der Waals surface area (Å²) < 4.78 is 5.85. The summed E-state index contributed by atoms with van der Waals surface area (Å²) in [4.78, 5) is 31.1. The van der Waals surface area contributed by atoms with Crippen molar-refractivity contribution in [2.45, 2.75) is 52.5 Å². The highest BCUT2D eigenvalue weighted by Gasteiger charge is 2.15. The molecule has 1 aliphatic rings. The van der Waals surface area contributed by atoms with Crippen LogP contribution in [0.4, 0.5) is 5.69 Å². The molecule has 0 radical (unpaired) electrons. The molecule has 3 aromatic rings. The number of hydrogen-bond acceptors (Lipinski definition) is 5. The number of thiophene rings is 1. The number of carbonyl (C=O) groups excluding carboxylic acids is 2. The molecule has 7 heteroatoms. The third-order valence-corrected chi connectivity index (χ3v) is 6.45. The van der Waals surface area contributed by atoms with Gasteiger partial charge in [0.05, 0.1) is 11.4 Å². The van der Waals surface area contributed by atoms with Gasteiger partial charge in [0.15, 0.2) is 0 Å². The van der Waals surface area contributed by atoms with Crippen LogP contribution < -0.4 is 10.6 Å². The Balaban J connectivity index is 1.39. The molecule has 6 nitrogen and oxygen atoms in total. The Labute approximate surface area is 191 Å². The summed E-state index contributed by atoms with van der Waals surface area (Å²) in [5.74, 6) is 1.00. The molecule has 2 amide bonds. The van der Waals surface area contributed by atoms with E-state index in [9.17, 15) is 9.59 Å². The fourth-order valence-electron chi connectivity index (χ4n) is 3.71. The lowest BCUT2D eigenvalue weighted by molar-refractivity contribution is -0.120. The van der Waals surface area contributed by atoms with Gasteiger partial charge in [-0.2, -0.15) is 0 Å². The van der Waals surface area contributed by atoms with Gasteiger partial charge in [-0.1, -0.05) is 17.7 Å². The molecule has 1 aliphatic carbocycles. The Morgan fingerprint density at radius 2 is 2.03 bits per heavy atom. The van der Waals surface area contributed by atoms with Crippen LogP contribution in [-0.2, 0) is 11.3 Å². The molecule has 2 N–H and O–H groups in total. The molecule has 2 aromatic heterocycles. The molecular weight excluding hydrogens is 422 g/mol. The van der Waals surface area contributed by atoms with Crippen molar-refractivity contribution in [1.29, 1.82) is 0 Å². The molecule has 0 fully saturated rings. The monoisotopic (exact) mass is 449 g/mol. The van der Waals surface area contributed by atoms with Crippen molar-refractivity contribution in [3.8, 4) is 11.5 Å². The van der Waals surface area contributed by atoms with E-state index in [0.717, 1.165) is 29.7 Å². The standard InChI is InChI=1S/C25H27N3O3S/c1-16-11-12-22(32-16)24(30)27-20-10-6-9-19(14-20)25-28-21(17(2)31-25)15-26-23(29)13-18-7-4-3-5-8-18/h6-7,9-12,14H,3-5,8,13,15H2,1-2H3,(H,26,29)(H,27,30). The van der Waals surface area contributed by atoms with E-state index in [-0.39, 0.29) is 11.8 Å². The normalized spacial score (nSPS) is 13.5. The fourth-order valence-corrected chi connectivity index (χ4v) is 4.47. The summed E-state index contributed by atoms with van der Waals surface area (Å²) in [5.41, 5.74) is 3.36. The van der Waals surface area contributed by atoms with E-state index in [1.165, 1.54) is 23.3 Å². The molecule has 0 saturated carbocycles. The number of anilines is 1. The van der Waals surface area contributed by atoms with Crippen molar-refractivity contribution in [1.82, 2.24) is 10.3 Å². The fraction of sp³-hybridized carbons (Fsp3) is 0.320. The maximum absolute atomic E-state index is 12.4. The quantitative estimate of drug-likeness (QED) is 0.448. The predicted molar refractivity (Wildman–Crippen MR) is 127 cm³/mol. The van der Waals surface area contributed by atoms with Gasteiger partial charge in [0.25, 0.3) is 5.91 Å². The number of allylic oxidation sites excluding steroid dienone is 1. The van der Waals surface area contributed by atoms with E-state index in [0.29, 0.717) is 40.9 Å². The molecule has 1 aromatic carbocycles. The second kappa shape index (κ2) is 9.96. The first-order chi connectivity index (χ1) is 15.5. The van der Waals surface area contributed by atoms with Crippen LogP contribution in [0, 0.1) is 13.8 Å². The summed E-state index contributed by atoms with van der Waals surface area (Å²) in [6.45, 7) is 4.14. The molecule has 0 unspecified atom stereocenters. The van der Waals surface area contributed by atoms with Gasteiger partial charge in [-0.25, -0.2) is 4.98 Å². The number of carbonyl (C=O) groups is 2. The number of nitrogens with zero attached hydrogens (tertiary/aromatic N) is 1. The molecule has 0 saturated heterocycles. The van der Waals surface area contributed by atoms with Gasteiger partial charge in [0.1, 0.15) is 11.5 Å². The maximum Gasteiger partial charge on any atom is 0.265 e. The predicted octanol–water partition coefficient (Wildman–Crippen LogP) is 5.78. The van der Waals surface area contributed by atoms with Crippen LogP contribution in [0.15, 0.2) is 52.5 Å². The summed E-state index contributed by atoms with van der Waals surface area (Å²) in [7, 11) is 0. The number of rotatable bonds is 7. The third kappa shape index (κ3) is 5.53. The number of nitrogens with one attached hydrogen (secondary N) is 2. The molecule has 32 heavy (non-hydrogen) atoms. The van der Waals surface area contributed by atoms with Gasteiger partial charge in [0.2, 0.25) is 11.8 Å². The van der Waals surface area contributed by atoms with E-state index < -0.39 is 0 Å². The number of oxazole rings is 1. The van der Waals surface area contributed by atoms with Gasteiger partial charge in [-0.05, 0) is 69.9 Å². The topological polar surface area (TPSA) is 84.2 Å². The summed E-state index contributed by atoms with van der Waals surface area (Å²) in [5, 5.41) is 5.87. The van der Waals surface area contributed by atoms with E-state index in [2.05, 4.69) is 21.7 Å². The average molecular weight is 450 g/mol. The van der Waals surface area contributed by atoms with Crippen LogP contribution in [0.5, 0.6) is 0 Å². The Bertz CT molecular complexity index is 1160. The van der Waals surface area contributed by atoms with Gasteiger partial charge in [0, 0.05) is 22.5 Å². The van der Waals surface area contributed by atoms with E-state index in [1.807, 2.05) is 50.2 Å². The Morgan fingerprint density at radius 3 is 2.78 bits per heavy atom. The lowest BCUT2D eigenvalue weighted by Crippen LogP contribution is -2.23. The summed E-state index contributed by atoms with van der Waals surface area (Å²) in [6, 6.07) is 11.2. The molecule has 0 aliphatic heterocycles. The number of aromatic nitrogens is 1. The zero-order chi connectivity index (χ0) is 22.5. The highest BCUT2D eigenvalue weighted by Crippen LogP contribution is 2.25. The second-order valence-electron chi connectivity index (χ2n) is 8.03. The largest absolute Gasteiger partial charge is 0.441 e. The highest BCUT2D eigenvalue weighted by atomic mass is 32.1. The molecule has 0 bridgehead atoms. The van der Waals surface area contributed by atoms with Crippen molar-refractivity contribution >= 4 is 28.8 Å². The first-order valence-corrected chi connectivity index (χ1v) is 11.7. The van der Waals surface area contributed by atoms with Crippen molar-refractivity contribution in [2.75, 3.05) is 5.32 Å². The van der Waals surface area contributed by atoms with Gasteiger partial charge >= 0.3 is 0 Å². The molecular formula is C25H27N3O3S. The highest BCUT2D eigenvalue weighted by molar-refractivity contribution is 7.14. The summed E-state index contributed by atoms with van der Waals surface area (Å²) in [6.07, 6.45) is 7.10. The van der Waals surface area contributed by atoms with E-state index in [1.54, 1.807) is 0 Å². The first kappa shape index (κ1) is 22.0. The number of amides is 2. The SMILES string of the molecule is Cc1ccc(C(=O)Nc2cccc(-c3nc(CNC(=O)CC4=CCCCC4)c(C)o3)c2)s1. The third-order valence-electron chi connectivity index (χ3n) is 5.45. The minimum atomic E-state index is -0.139. The van der Waals surface area contributed by atoms with Crippen LogP contribution in [0.2, 0.25) is 0 Å². The van der Waals surface area contributed by atoms with E-state index in [4.69, 9.17) is 4.42 Å². The maximum atomic E-state index is 12.4. The average Bonchev–Trinajstić information content (AvgIpc) is 3.39. The van der Waals surface area contributed by atoms with Gasteiger partial charge < -0.3 is 15.1 Å². The van der Waals surface area contributed by atoms with E-state index >= 15 is 0 Å². The Morgan fingerprint density at radius 1 is 1.16 bits per heavy atom.